The van der Waals surface area contributed by atoms with E-state index in [0.29, 0.717) is 17.4 Å². The van der Waals surface area contributed by atoms with Crippen molar-refractivity contribution >= 4 is 31.6 Å². The first-order valence-corrected chi connectivity index (χ1v) is 8.05. The highest BCUT2D eigenvalue weighted by Gasteiger charge is 2.13. The van der Waals surface area contributed by atoms with E-state index >= 15 is 0 Å². The fourth-order valence-electron chi connectivity index (χ4n) is 1.36. The van der Waals surface area contributed by atoms with Gasteiger partial charge in [0.1, 0.15) is 5.82 Å². The van der Waals surface area contributed by atoms with E-state index in [2.05, 4.69) is 26.0 Å². The van der Waals surface area contributed by atoms with E-state index in [1.165, 1.54) is 18.2 Å². The zero-order valence-corrected chi connectivity index (χ0v) is 12.4. The van der Waals surface area contributed by atoms with Gasteiger partial charge in [0.05, 0.1) is 11.4 Å². The second kappa shape index (κ2) is 7.06. The van der Waals surface area contributed by atoms with Crippen molar-refractivity contribution in [1.29, 1.82) is 0 Å². The second-order valence-electron chi connectivity index (χ2n) is 3.75. The van der Waals surface area contributed by atoms with Gasteiger partial charge in [0, 0.05) is 4.47 Å². The van der Waals surface area contributed by atoms with E-state index in [0.717, 1.165) is 6.54 Å². The van der Waals surface area contributed by atoms with Crippen LogP contribution in [0.15, 0.2) is 22.7 Å². The maximum Gasteiger partial charge on any atom is 0.232 e. The molecule has 0 radical (unpaired) electrons. The van der Waals surface area contributed by atoms with Crippen molar-refractivity contribution in [3.8, 4) is 0 Å². The summed E-state index contributed by atoms with van der Waals surface area (Å²) in [6.45, 7) is 3.37. The molecule has 0 bridgehead atoms. The SMILES string of the molecule is CCNCCCS(=O)(=O)Nc1cc(Br)ccc1F. The van der Waals surface area contributed by atoms with E-state index in [1.54, 1.807) is 0 Å². The van der Waals surface area contributed by atoms with Gasteiger partial charge in [-0.15, -0.1) is 0 Å². The monoisotopic (exact) mass is 338 g/mol. The lowest BCUT2D eigenvalue weighted by molar-refractivity contribution is 0.593. The largest absolute Gasteiger partial charge is 0.317 e. The van der Waals surface area contributed by atoms with E-state index in [4.69, 9.17) is 0 Å². The number of nitrogens with one attached hydrogen (secondary N) is 2. The van der Waals surface area contributed by atoms with Crippen molar-refractivity contribution < 1.29 is 12.8 Å². The summed E-state index contributed by atoms with van der Waals surface area (Å²) >= 11 is 3.17. The van der Waals surface area contributed by atoms with Crippen LogP contribution in [0.5, 0.6) is 0 Å². The lowest BCUT2D eigenvalue weighted by Gasteiger charge is -2.09. The van der Waals surface area contributed by atoms with Crippen LogP contribution in [0.2, 0.25) is 0 Å². The predicted molar refractivity (Wildman–Crippen MR) is 74.7 cm³/mol. The lowest BCUT2D eigenvalue weighted by Crippen LogP contribution is -2.22. The minimum atomic E-state index is -3.51. The van der Waals surface area contributed by atoms with Crippen LogP contribution in [0.25, 0.3) is 0 Å². The third-order valence-corrected chi connectivity index (χ3v) is 4.06. The third-order valence-electron chi connectivity index (χ3n) is 2.21. The summed E-state index contributed by atoms with van der Waals surface area (Å²) in [4.78, 5) is 0. The van der Waals surface area contributed by atoms with E-state index < -0.39 is 15.8 Å². The fourth-order valence-corrected chi connectivity index (χ4v) is 2.84. The van der Waals surface area contributed by atoms with Crippen molar-refractivity contribution in [3.05, 3.63) is 28.5 Å². The molecule has 0 fully saturated rings. The quantitative estimate of drug-likeness (QED) is 0.750. The summed E-state index contributed by atoms with van der Waals surface area (Å²) in [5, 5.41) is 3.03. The van der Waals surface area contributed by atoms with Crippen LogP contribution in [0.1, 0.15) is 13.3 Å². The molecule has 0 aromatic heterocycles. The Bertz CT molecular complexity index is 494. The van der Waals surface area contributed by atoms with Gasteiger partial charge in [-0.3, -0.25) is 4.72 Å². The molecular formula is C11H16BrFN2O2S. The number of halogens is 2. The molecule has 2 N–H and O–H groups in total. The number of hydrogen-bond donors (Lipinski definition) is 2. The summed E-state index contributed by atoms with van der Waals surface area (Å²) < 4.78 is 39.7. The molecule has 7 heteroatoms. The average Bonchev–Trinajstić information content (AvgIpc) is 2.29. The second-order valence-corrected chi connectivity index (χ2v) is 6.51. The summed E-state index contributed by atoms with van der Waals surface area (Å²) in [6.07, 6.45) is 0.485. The first-order valence-electron chi connectivity index (χ1n) is 5.61. The Morgan fingerprint density at radius 2 is 2.11 bits per heavy atom. The van der Waals surface area contributed by atoms with Crippen LogP contribution >= 0.6 is 15.9 Å². The van der Waals surface area contributed by atoms with Crippen molar-refractivity contribution in [3.63, 3.8) is 0 Å². The van der Waals surface area contributed by atoms with Crippen molar-refractivity contribution in [2.45, 2.75) is 13.3 Å². The Morgan fingerprint density at radius 1 is 1.39 bits per heavy atom. The molecule has 0 aliphatic heterocycles. The number of anilines is 1. The Labute approximate surface area is 115 Å². The normalized spacial score (nSPS) is 11.5. The molecule has 1 rings (SSSR count). The minimum absolute atomic E-state index is 0.0344. The van der Waals surface area contributed by atoms with Crippen LogP contribution in [-0.2, 0) is 10.0 Å². The van der Waals surface area contributed by atoms with Gasteiger partial charge in [0.25, 0.3) is 0 Å². The highest BCUT2D eigenvalue weighted by molar-refractivity contribution is 9.10. The van der Waals surface area contributed by atoms with Gasteiger partial charge in [-0.1, -0.05) is 22.9 Å². The number of sulfonamides is 1. The average molecular weight is 339 g/mol. The number of hydrogen-bond acceptors (Lipinski definition) is 3. The maximum atomic E-state index is 13.4. The topological polar surface area (TPSA) is 58.2 Å². The van der Waals surface area contributed by atoms with Gasteiger partial charge in [0.15, 0.2) is 0 Å². The fraction of sp³-hybridized carbons (Fsp3) is 0.455. The molecule has 0 amide bonds. The summed E-state index contributed by atoms with van der Waals surface area (Å²) in [5.74, 6) is -0.625. The van der Waals surface area contributed by atoms with Crippen LogP contribution in [-0.4, -0.2) is 27.3 Å². The smallest absolute Gasteiger partial charge is 0.232 e. The van der Waals surface area contributed by atoms with Crippen molar-refractivity contribution in [2.24, 2.45) is 0 Å². The van der Waals surface area contributed by atoms with Crippen LogP contribution in [0, 0.1) is 5.82 Å². The molecule has 1 aromatic carbocycles. The van der Waals surface area contributed by atoms with Gasteiger partial charge in [-0.2, -0.15) is 0 Å². The molecule has 0 aliphatic rings. The molecule has 0 atom stereocenters. The van der Waals surface area contributed by atoms with Crippen molar-refractivity contribution in [2.75, 3.05) is 23.6 Å². The maximum absolute atomic E-state index is 13.4. The molecule has 0 spiro atoms. The third kappa shape index (κ3) is 5.32. The Morgan fingerprint density at radius 3 is 2.78 bits per heavy atom. The lowest BCUT2D eigenvalue weighted by atomic mass is 10.3. The Balaban J connectivity index is 2.62. The number of benzene rings is 1. The molecule has 0 aliphatic carbocycles. The van der Waals surface area contributed by atoms with Crippen LogP contribution in [0.4, 0.5) is 10.1 Å². The summed E-state index contributed by atoms with van der Waals surface area (Å²) in [5.41, 5.74) is -0.0344. The van der Waals surface area contributed by atoms with Gasteiger partial charge < -0.3 is 5.32 Å². The van der Waals surface area contributed by atoms with E-state index in [-0.39, 0.29) is 11.4 Å². The first-order chi connectivity index (χ1) is 8.44. The van der Waals surface area contributed by atoms with Gasteiger partial charge in [0.2, 0.25) is 10.0 Å². The van der Waals surface area contributed by atoms with Crippen LogP contribution in [0.3, 0.4) is 0 Å². The Hall–Kier alpha value is -0.660. The molecule has 0 unspecified atom stereocenters. The zero-order valence-electron chi connectivity index (χ0n) is 10.0. The molecule has 0 heterocycles. The summed E-state index contributed by atoms with van der Waals surface area (Å²) in [6, 6.07) is 4.12. The molecule has 0 saturated carbocycles. The standard InChI is InChI=1S/C11H16BrFN2O2S/c1-2-14-6-3-7-18(16,17)15-11-8-9(12)4-5-10(11)13/h4-5,8,14-15H,2-3,6-7H2,1H3. The molecule has 0 saturated heterocycles. The van der Waals surface area contributed by atoms with Gasteiger partial charge >= 0.3 is 0 Å². The Kier molecular flexibility index (Phi) is 6.04. The summed E-state index contributed by atoms with van der Waals surface area (Å²) in [7, 11) is -3.51. The minimum Gasteiger partial charge on any atom is -0.317 e. The van der Waals surface area contributed by atoms with E-state index in [1.807, 2.05) is 6.92 Å². The molecule has 4 nitrogen and oxygen atoms in total. The van der Waals surface area contributed by atoms with Crippen LogP contribution < -0.4 is 10.0 Å². The first kappa shape index (κ1) is 15.4. The molecule has 18 heavy (non-hydrogen) atoms. The molecule has 1 aromatic rings. The van der Waals surface area contributed by atoms with Crippen molar-refractivity contribution in [1.82, 2.24) is 5.32 Å². The zero-order chi connectivity index (χ0) is 13.6. The highest BCUT2D eigenvalue weighted by Crippen LogP contribution is 2.21. The highest BCUT2D eigenvalue weighted by atomic mass is 79.9. The molecule has 102 valence electrons. The van der Waals surface area contributed by atoms with Gasteiger partial charge in [-0.05, 0) is 37.7 Å². The predicted octanol–water partition coefficient (Wildman–Crippen LogP) is 2.33. The van der Waals surface area contributed by atoms with Gasteiger partial charge in [-0.25, -0.2) is 12.8 Å². The number of rotatable bonds is 7. The van der Waals surface area contributed by atoms with E-state index in [9.17, 15) is 12.8 Å². The molecular weight excluding hydrogens is 323 g/mol.